The van der Waals surface area contributed by atoms with Crippen LogP contribution in [0, 0.1) is 0 Å². The molecule has 10 aromatic carbocycles. The quantitative estimate of drug-likeness (QED) is 0.163. The van der Waals surface area contributed by atoms with E-state index in [4.69, 9.17) is 0 Å². The van der Waals surface area contributed by atoms with Crippen LogP contribution in [0.15, 0.2) is 231 Å². The third-order valence-corrected chi connectivity index (χ3v) is 13.6. The second-order valence-electron chi connectivity index (χ2n) is 16.8. The van der Waals surface area contributed by atoms with E-state index in [0.717, 1.165) is 29.2 Å². The van der Waals surface area contributed by atoms with E-state index in [0.29, 0.717) is 0 Å². The summed E-state index contributed by atoms with van der Waals surface area (Å²) >= 11 is 0. The molecule has 11 aromatic rings. The maximum absolute atomic E-state index is 2.50. The maximum atomic E-state index is 2.50. The Labute approximate surface area is 361 Å². The van der Waals surface area contributed by atoms with E-state index in [1.807, 2.05) is 0 Å². The molecular formula is C60H40N2. The fourth-order valence-corrected chi connectivity index (χ4v) is 11.0. The highest BCUT2D eigenvalue weighted by molar-refractivity contribution is 6.10. The lowest BCUT2D eigenvalue weighted by Gasteiger charge is -2.35. The van der Waals surface area contributed by atoms with Crippen molar-refractivity contribution in [1.29, 1.82) is 0 Å². The maximum Gasteiger partial charge on any atom is 0.0720 e. The summed E-state index contributed by atoms with van der Waals surface area (Å²) in [7, 11) is 0. The third-order valence-electron chi connectivity index (χ3n) is 13.6. The van der Waals surface area contributed by atoms with Gasteiger partial charge in [-0.05, 0) is 127 Å². The Balaban J connectivity index is 1.11. The molecule has 0 bridgehead atoms. The van der Waals surface area contributed by atoms with Crippen LogP contribution in [0.2, 0.25) is 0 Å². The Morgan fingerprint density at radius 3 is 1.76 bits per heavy atom. The molecule has 0 atom stereocenters. The lowest BCUT2D eigenvalue weighted by atomic mass is 9.66. The summed E-state index contributed by atoms with van der Waals surface area (Å²) in [5.74, 6) is 0. The van der Waals surface area contributed by atoms with Crippen molar-refractivity contribution in [3.63, 3.8) is 0 Å². The van der Waals surface area contributed by atoms with Crippen LogP contribution >= 0.6 is 0 Å². The van der Waals surface area contributed by atoms with Crippen LogP contribution in [0.4, 0.5) is 17.1 Å². The molecule has 1 heterocycles. The van der Waals surface area contributed by atoms with Crippen LogP contribution < -0.4 is 4.90 Å². The predicted molar refractivity (Wildman–Crippen MR) is 259 cm³/mol. The van der Waals surface area contributed by atoms with Gasteiger partial charge in [-0.3, -0.25) is 0 Å². The molecule has 2 heteroatoms. The second kappa shape index (κ2) is 13.5. The van der Waals surface area contributed by atoms with Crippen molar-refractivity contribution in [1.82, 2.24) is 4.57 Å². The van der Waals surface area contributed by atoms with Gasteiger partial charge in [-0.1, -0.05) is 176 Å². The minimum absolute atomic E-state index is 0.573. The Kier molecular flexibility index (Phi) is 7.62. The van der Waals surface area contributed by atoms with Crippen molar-refractivity contribution in [3.05, 3.63) is 264 Å². The summed E-state index contributed by atoms with van der Waals surface area (Å²) in [5.41, 5.74) is 19.4. The van der Waals surface area contributed by atoms with E-state index in [9.17, 15) is 0 Å². The van der Waals surface area contributed by atoms with Crippen molar-refractivity contribution in [2.24, 2.45) is 0 Å². The number of benzene rings is 10. The van der Waals surface area contributed by atoms with E-state index in [-0.39, 0.29) is 0 Å². The molecule has 0 radical (unpaired) electrons. The third kappa shape index (κ3) is 4.98. The molecule has 290 valence electrons. The van der Waals surface area contributed by atoms with Gasteiger partial charge in [0.1, 0.15) is 0 Å². The Bertz CT molecular complexity index is 3510. The van der Waals surface area contributed by atoms with Crippen molar-refractivity contribution in [2.75, 3.05) is 4.90 Å². The first kappa shape index (κ1) is 34.9. The van der Waals surface area contributed by atoms with Gasteiger partial charge in [0.05, 0.1) is 16.4 Å². The van der Waals surface area contributed by atoms with Gasteiger partial charge in [0.15, 0.2) is 0 Å². The average molecular weight is 789 g/mol. The molecule has 13 rings (SSSR count). The van der Waals surface area contributed by atoms with Gasteiger partial charge in [0.25, 0.3) is 0 Å². The van der Waals surface area contributed by atoms with Crippen LogP contribution in [0.1, 0.15) is 33.4 Å². The lowest BCUT2D eigenvalue weighted by Crippen LogP contribution is -2.29. The standard InChI is InChI=1S/C60H40N2/c1-4-18-43(19-5-1)60(44-20-6-2-7-21-44)56-38-47(31-34-51(56)54-33-29-40-16-10-13-25-50(40)59(54)60)61(46-30-28-42-36-41-17-11-12-24-49(41)55(42)37-46)48-32-35-53-52-26-14-15-27-57(52)62(58(53)39-48)45-22-8-3-9-23-45/h1-35,37-39H,36H2. The van der Waals surface area contributed by atoms with Crippen molar-refractivity contribution >= 4 is 49.6 Å². The molecule has 0 N–H and O–H groups in total. The zero-order valence-corrected chi connectivity index (χ0v) is 34.0. The van der Waals surface area contributed by atoms with Gasteiger partial charge in [0, 0.05) is 33.5 Å². The zero-order chi connectivity index (χ0) is 40.8. The van der Waals surface area contributed by atoms with E-state index < -0.39 is 5.41 Å². The van der Waals surface area contributed by atoms with Gasteiger partial charge >= 0.3 is 0 Å². The summed E-state index contributed by atoms with van der Waals surface area (Å²) in [6.45, 7) is 0. The van der Waals surface area contributed by atoms with Crippen molar-refractivity contribution < 1.29 is 0 Å². The molecular weight excluding hydrogens is 749 g/mol. The first-order valence-electron chi connectivity index (χ1n) is 21.6. The second-order valence-corrected chi connectivity index (χ2v) is 16.8. The van der Waals surface area contributed by atoms with Crippen molar-refractivity contribution in [3.8, 4) is 27.9 Å². The van der Waals surface area contributed by atoms with Crippen LogP contribution in [-0.4, -0.2) is 4.57 Å². The molecule has 2 nitrogen and oxygen atoms in total. The van der Waals surface area contributed by atoms with Crippen molar-refractivity contribution in [2.45, 2.75) is 11.8 Å². The highest BCUT2D eigenvalue weighted by atomic mass is 15.1. The molecule has 0 unspecified atom stereocenters. The number of aromatic nitrogens is 1. The summed E-state index contributed by atoms with van der Waals surface area (Å²) < 4.78 is 2.42. The largest absolute Gasteiger partial charge is 0.310 e. The molecule has 2 aliphatic carbocycles. The molecule has 62 heavy (non-hydrogen) atoms. The van der Waals surface area contributed by atoms with E-state index in [1.54, 1.807) is 0 Å². The lowest BCUT2D eigenvalue weighted by molar-refractivity contribution is 0.775. The summed E-state index contributed by atoms with van der Waals surface area (Å²) in [6.07, 6.45) is 0.955. The predicted octanol–water partition coefficient (Wildman–Crippen LogP) is 15.3. The minimum atomic E-state index is -0.573. The Morgan fingerprint density at radius 1 is 0.371 bits per heavy atom. The van der Waals surface area contributed by atoms with Crippen LogP contribution in [0.5, 0.6) is 0 Å². The van der Waals surface area contributed by atoms with Crippen LogP contribution in [0.25, 0.3) is 60.5 Å². The van der Waals surface area contributed by atoms with E-state index >= 15 is 0 Å². The Hall–Kier alpha value is -7.94. The molecule has 0 saturated heterocycles. The monoisotopic (exact) mass is 788 g/mol. The first-order valence-corrected chi connectivity index (χ1v) is 21.6. The number of nitrogens with zero attached hydrogens (tertiary/aromatic N) is 2. The average Bonchev–Trinajstić information content (AvgIpc) is 3.98. The molecule has 2 aliphatic rings. The van der Waals surface area contributed by atoms with Crippen LogP contribution in [0.3, 0.4) is 0 Å². The number of hydrogen-bond donors (Lipinski definition) is 0. The van der Waals surface area contributed by atoms with Crippen LogP contribution in [-0.2, 0) is 11.8 Å². The fourth-order valence-electron chi connectivity index (χ4n) is 11.0. The first-order chi connectivity index (χ1) is 30.8. The topological polar surface area (TPSA) is 8.17 Å². The molecule has 0 aliphatic heterocycles. The van der Waals surface area contributed by atoms with E-state index in [2.05, 4.69) is 240 Å². The van der Waals surface area contributed by atoms with Gasteiger partial charge in [-0.15, -0.1) is 0 Å². The highest BCUT2D eigenvalue weighted by Gasteiger charge is 2.47. The number of rotatable bonds is 6. The number of fused-ring (bicyclic) bond motifs is 11. The molecule has 1 aromatic heterocycles. The fraction of sp³-hybridized carbons (Fsp3) is 0.0333. The van der Waals surface area contributed by atoms with Gasteiger partial charge in [-0.2, -0.15) is 0 Å². The highest BCUT2D eigenvalue weighted by Crippen LogP contribution is 2.59. The zero-order valence-electron chi connectivity index (χ0n) is 34.0. The molecule has 0 amide bonds. The van der Waals surface area contributed by atoms with E-state index in [1.165, 1.54) is 88.2 Å². The summed E-state index contributed by atoms with van der Waals surface area (Å²) in [5, 5.41) is 5.01. The smallest absolute Gasteiger partial charge is 0.0720 e. The normalized spacial score (nSPS) is 13.2. The minimum Gasteiger partial charge on any atom is -0.310 e. The Morgan fingerprint density at radius 2 is 0.952 bits per heavy atom. The van der Waals surface area contributed by atoms with Gasteiger partial charge < -0.3 is 9.47 Å². The molecule has 0 fully saturated rings. The summed E-state index contributed by atoms with van der Waals surface area (Å²) in [6, 6.07) is 85.8. The number of hydrogen-bond acceptors (Lipinski definition) is 1. The summed E-state index contributed by atoms with van der Waals surface area (Å²) in [4.78, 5) is 2.50. The van der Waals surface area contributed by atoms with Gasteiger partial charge in [0.2, 0.25) is 0 Å². The number of anilines is 3. The van der Waals surface area contributed by atoms with Gasteiger partial charge in [-0.25, -0.2) is 0 Å². The SMILES string of the molecule is c1ccc(-n2c3ccccc3c3ccc(N(c4ccc5c(c4)-c4ccccc4C5)c4ccc5c(c4)C(c4ccccc4)(c4ccccc4)c4c-5ccc5ccccc45)cc32)cc1. The molecule has 0 spiro atoms. The molecule has 0 saturated carbocycles. The number of para-hydroxylation sites is 2.